The van der Waals surface area contributed by atoms with Crippen LogP contribution in [0.1, 0.15) is 17.3 Å². The summed E-state index contributed by atoms with van der Waals surface area (Å²) in [5.41, 5.74) is 1.69. The van der Waals surface area contributed by atoms with E-state index in [-0.39, 0.29) is 32.4 Å². The predicted molar refractivity (Wildman–Crippen MR) is 136 cm³/mol. The van der Waals surface area contributed by atoms with Gasteiger partial charge < -0.3 is 10.2 Å². The van der Waals surface area contributed by atoms with Gasteiger partial charge in [0.15, 0.2) is 0 Å². The Kier molecular flexibility index (Phi) is 6.93. The van der Waals surface area contributed by atoms with Crippen molar-refractivity contribution >= 4 is 69.6 Å². The van der Waals surface area contributed by atoms with Gasteiger partial charge in [-0.15, -0.1) is 0 Å². The maximum Gasteiger partial charge on any atom is 0.283 e. The van der Waals surface area contributed by atoms with Crippen LogP contribution >= 0.6 is 34.8 Å². The third-order valence-electron chi connectivity index (χ3n) is 5.14. The normalized spacial score (nSPS) is 13.5. The number of halogens is 3. The summed E-state index contributed by atoms with van der Waals surface area (Å²) in [7, 11) is 0. The second-order valence-electron chi connectivity index (χ2n) is 7.35. The zero-order valence-corrected chi connectivity index (χ0v) is 20.2. The summed E-state index contributed by atoms with van der Waals surface area (Å²) >= 11 is 18.3. The minimum Gasteiger partial charge on any atom is -0.350 e. The van der Waals surface area contributed by atoms with Gasteiger partial charge in [-0.1, -0.05) is 59.1 Å². The van der Waals surface area contributed by atoms with Crippen molar-refractivity contribution in [2.75, 3.05) is 21.7 Å². The van der Waals surface area contributed by atoms with Crippen molar-refractivity contribution in [1.82, 2.24) is 0 Å². The Morgan fingerprint density at radius 1 is 0.882 bits per heavy atom. The lowest BCUT2D eigenvalue weighted by Gasteiger charge is -2.21. The van der Waals surface area contributed by atoms with Crippen molar-refractivity contribution in [3.8, 4) is 0 Å². The number of para-hydroxylation sites is 1. The molecule has 1 N–H and O–H groups in total. The number of carbonyl (C=O) groups excluding carboxylic acids is 3. The molecule has 3 aromatic carbocycles. The summed E-state index contributed by atoms with van der Waals surface area (Å²) in [5.74, 6) is -1.58. The molecule has 4 rings (SSSR count). The van der Waals surface area contributed by atoms with Crippen molar-refractivity contribution in [1.29, 1.82) is 0 Å². The maximum absolute atomic E-state index is 13.2. The molecule has 0 unspecified atom stereocenters. The van der Waals surface area contributed by atoms with E-state index in [2.05, 4.69) is 5.32 Å². The van der Waals surface area contributed by atoms with Gasteiger partial charge in [-0.2, -0.15) is 0 Å². The Bertz CT molecular complexity index is 1300. The minimum atomic E-state index is -0.707. The number of nitrogens with zero attached hydrogens (tertiary/aromatic N) is 2. The molecule has 172 valence electrons. The molecule has 0 atom stereocenters. The average molecular weight is 515 g/mol. The van der Waals surface area contributed by atoms with E-state index in [1.807, 2.05) is 37.3 Å². The molecule has 9 heteroatoms. The van der Waals surface area contributed by atoms with Crippen molar-refractivity contribution < 1.29 is 14.4 Å². The first kappa shape index (κ1) is 23.8. The number of anilines is 3. The summed E-state index contributed by atoms with van der Waals surface area (Å²) in [6, 6.07) is 20.3. The SMILES string of the molecule is CCN(C(=O)c1cccc(NC2=C(Cl)C(=O)N(c3cc(Cl)cc(Cl)c3)C2=O)c1)c1ccccc1. The molecule has 0 spiro atoms. The van der Waals surface area contributed by atoms with Crippen molar-refractivity contribution in [2.45, 2.75) is 6.92 Å². The Labute approximate surface area is 211 Å². The first-order valence-corrected chi connectivity index (χ1v) is 11.4. The van der Waals surface area contributed by atoms with E-state index < -0.39 is 11.8 Å². The minimum absolute atomic E-state index is 0.109. The van der Waals surface area contributed by atoms with E-state index in [1.54, 1.807) is 29.2 Å². The van der Waals surface area contributed by atoms with Gasteiger partial charge in [0.1, 0.15) is 10.7 Å². The van der Waals surface area contributed by atoms with Crippen LogP contribution in [-0.4, -0.2) is 24.3 Å². The van der Waals surface area contributed by atoms with Crippen LogP contribution < -0.4 is 15.1 Å². The number of hydrogen-bond donors (Lipinski definition) is 1. The van der Waals surface area contributed by atoms with E-state index >= 15 is 0 Å². The van der Waals surface area contributed by atoms with Crippen LogP contribution in [0.15, 0.2) is 83.5 Å². The number of hydrogen-bond acceptors (Lipinski definition) is 4. The molecule has 0 aliphatic carbocycles. The highest BCUT2D eigenvalue weighted by Crippen LogP contribution is 2.33. The van der Waals surface area contributed by atoms with Gasteiger partial charge in [-0.25, -0.2) is 4.90 Å². The molecule has 1 heterocycles. The molecule has 0 bridgehead atoms. The molecule has 1 aliphatic heterocycles. The maximum atomic E-state index is 13.2. The third kappa shape index (κ3) is 4.66. The van der Waals surface area contributed by atoms with Crippen LogP contribution in [0.3, 0.4) is 0 Å². The van der Waals surface area contributed by atoms with Crippen molar-refractivity contribution in [3.63, 3.8) is 0 Å². The topological polar surface area (TPSA) is 69.7 Å². The van der Waals surface area contributed by atoms with E-state index in [4.69, 9.17) is 34.8 Å². The van der Waals surface area contributed by atoms with Gasteiger partial charge in [0.25, 0.3) is 17.7 Å². The lowest BCUT2D eigenvalue weighted by atomic mass is 10.1. The molecule has 0 fully saturated rings. The zero-order chi connectivity index (χ0) is 24.4. The molecule has 0 radical (unpaired) electrons. The second-order valence-corrected chi connectivity index (χ2v) is 8.60. The highest BCUT2D eigenvalue weighted by molar-refractivity contribution is 6.53. The largest absolute Gasteiger partial charge is 0.350 e. The number of imide groups is 1. The van der Waals surface area contributed by atoms with E-state index in [1.165, 1.54) is 18.2 Å². The highest BCUT2D eigenvalue weighted by Gasteiger charge is 2.39. The fourth-order valence-corrected chi connectivity index (χ4v) is 4.32. The Hall–Kier alpha value is -3.32. The van der Waals surface area contributed by atoms with Crippen molar-refractivity contribution in [2.24, 2.45) is 0 Å². The molecule has 34 heavy (non-hydrogen) atoms. The fraction of sp³-hybridized carbons (Fsp3) is 0.0800. The first-order valence-electron chi connectivity index (χ1n) is 10.3. The van der Waals surface area contributed by atoms with Gasteiger partial charge in [0.2, 0.25) is 0 Å². The third-order valence-corrected chi connectivity index (χ3v) is 5.93. The van der Waals surface area contributed by atoms with Crippen LogP contribution in [0, 0.1) is 0 Å². The monoisotopic (exact) mass is 513 g/mol. The Balaban J connectivity index is 1.60. The molecular weight excluding hydrogens is 497 g/mol. The van der Waals surface area contributed by atoms with Gasteiger partial charge in [0.05, 0.1) is 5.69 Å². The molecule has 0 saturated heterocycles. The zero-order valence-electron chi connectivity index (χ0n) is 17.9. The summed E-state index contributed by atoms with van der Waals surface area (Å²) in [6.45, 7) is 2.36. The van der Waals surface area contributed by atoms with E-state index in [0.717, 1.165) is 10.6 Å². The van der Waals surface area contributed by atoms with Crippen molar-refractivity contribution in [3.05, 3.63) is 99.1 Å². The highest BCUT2D eigenvalue weighted by atomic mass is 35.5. The molecule has 3 aromatic rings. The van der Waals surface area contributed by atoms with Crippen LogP contribution in [0.2, 0.25) is 10.0 Å². The standard InChI is InChI=1S/C25H18Cl3N3O3/c1-2-30(19-9-4-3-5-10-19)23(32)15-7-6-8-18(11-15)29-22-21(28)24(33)31(25(22)34)20-13-16(26)12-17(27)14-20/h3-14,29H,2H2,1H3. The molecule has 6 nitrogen and oxygen atoms in total. The summed E-state index contributed by atoms with van der Waals surface area (Å²) < 4.78 is 0. The average Bonchev–Trinajstić information content (AvgIpc) is 3.03. The van der Waals surface area contributed by atoms with E-state index in [9.17, 15) is 14.4 Å². The number of amides is 3. The summed E-state index contributed by atoms with van der Waals surface area (Å²) in [4.78, 5) is 41.5. The van der Waals surface area contributed by atoms with Gasteiger partial charge in [-0.3, -0.25) is 14.4 Å². The molecule has 0 saturated carbocycles. The Morgan fingerprint density at radius 2 is 1.56 bits per heavy atom. The Morgan fingerprint density at radius 3 is 2.21 bits per heavy atom. The molecule has 1 aliphatic rings. The number of carbonyl (C=O) groups is 3. The van der Waals surface area contributed by atoms with Crippen LogP contribution in [-0.2, 0) is 9.59 Å². The van der Waals surface area contributed by atoms with Crippen LogP contribution in [0.25, 0.3) is 0 Å². The number of rotatable bonds is 6. The lowest BCUT2D eigenvalue weighted by molar-refractivity contribution is -0.120. The number of nitrogens with one attached hydrogen (secondary N) is 1. The molecular formula is C25H18Cl3N3O3. The smallest absolute Gasteiger partial charge is 0.283 e. The van der Waals surface area contributed by atoms with E-state index in [0.29, 0.717) is 17.8 Å². The van der Waals surface area contributed by atoms with Gasteiger partial charge in [0, 0.05) is 33.5 Å². The van der Waals surface area contributed by atoms with Gasteiger partial charge >= 0.3 is 0 Å². The summed E-state index contributed by atoms with van der Waals surface area (Å²) in [6.07, 6.45) is 0. The lowest BCUT2D eigenvalue weighted by Crippen LogP contribution is -2.32. The predicted octanol–water partition coefficient (Wildman–Crippen LogP) is 6.10. The summed E-state index contributed by atoms with van der Waals surface area (Å²) in [5, 5.41) is 3.15. The first-order chi connectivity index (χ1) is 16.3. The van der Waals surface area contributed by atoms with Crippen LogP contribution in [0.5, 0.6) is 0 Å². The fourth-order valence-electron chi connectivity index (χ4n) is 3.60. The van der Waals surface area contributed by atoms with Gasteiger partial charge in [-0.05, 0) is 55.5 Å². The second kappa shape index (κ2) is 9.89. The van der Waals surface area contributed by atoms with Crippen LogP contribution in [0.4, 0.5) is 17.1 Å². The molecule has 0 aromatic heterocycles. The molecule has 3 amide bonds. The number of benzene rings is 3. The quantitative estimate of drug-likeness (QED) is 0.404.